The molecule has 2 saturated heterocycles. The van der Waals surface area contributed by atoms with Gasteiger partial charge in [0.15, 0.2) is 0 Å². The number of pyridine rings is 1. The first-order chi connectivity index (χ1) is 11.2. The summed E-state index contributed by atoms with van der Waals surface area (Å²) in [5, 5.41) is 8.49. The van der Waals surface area contributed by atoms with Gasteiger partial charge in [-0.05, 0) is 31.4 Å². The van der Waals surface area contributed by atoms with Gasteiger partial charge < -0.3 is 15.5 Å². The Kier molecular flexibility index (Phi) is 3.74. The summed E-state index contributed by atoms with van der Waals surface area (Å²) < 4.78 is 0.952. The van der Waals surface area contributed by atoms with Gasteiger partial charge in [-0.3, -0.25) is 9.59 Å². The van der Waals surface area contributed by atoms with E-state index < -0.39 is 0 Å². The van der Waals surface area contributed by atoms with Crippen molar-refractivity contribution in [3.05, 3.63) is 23.3 Å². The number of nitrogens with one attached hydrogen (secondary N) is 2. The predicted octanol–water partition coefficient (Wildman–Crippen LogP) is 1.69. The number of carbonyl (C=O) groups is 2. The van der Waals surface area contributed by atoms with Crippen molar-refractivity contribution in [2.24, 2.45) is 5.92 Å². The summed E-state index contributed by atoms with van der Waals surface area (Å²) in [4.78, 5) is 29.8. The summed E-state index contributed by atoms with van der Waals surface area (Å²) in [6, 6.07) is 1.96. The third-order valence-electron chi connectivity index (χ3n) is 4.71. The minimum Gasteiger partial charge on any atom is -0.347 e. The summed E-state index contributed by atoms with van der Waals surface area (Å²) in [5.41, 5.74) is 1.12. The van der Waals surface area contributed by atoms with Gasteiger partial charge in [-0.15, -0.1) is 11.3 Å². The highest BCUT2D eigenvalue weighted by molar-refractivity contribution is 7.17. The zero-order chi connectivity index (χ0) is 15.8. The monoisotopic (exact) mass is 330 g/mol. The predicted molar refractivity (Wildman–Crippen MR) is 89.7 cm³/mol. The Morgan fingerprint density at radius 2 is 2.35 bits per heavy atom. The van der Waals surface area contributed by atoms with E-state index in [0.29, 0.717) is 18.0 Å². The largest absolute Gasteiger partial charge is 0.347 e. The molecule has 2 aliphatic heterocycles. The van der Waals surface area contributed by atoms with Crippen molar-refractivity contribution >= 4 is 39.4 Å². The van der Waals surface area contributed by atoms with E-state index in [2.05, 4.69) is 20.5 Å². The topological polar surface area (TPSA) is 74.3 Å². The van der Waals surface area contributed by atoms with Crippen LogP contribution >= 0.6 is 11.3 Å². The lowest BCUT2D eigenvalue weighted by Gasteiger charge is -2.30. The van der Waals surface area contributed by atoms with Crippen molar-refractivity contribution < 1.29 is 9.59 Å². The van der Waals surface area contributed by atoms with Crippen molar-refractivity contribution in [1.29, 1.82) is 0 Å². The fraction of sp³-hybridized carbons (Fsp3) is 0.438. The highest BCUT2D eigenvalue weighted by Crippen LogP contribution is 2.30. The van der Waals surface area contributed by atoms with Crippen LogP contribution in [0.15, 0.2) is 17.6 Å². The maximum absolute atomic E-state index is 12.5. The van der Waals surface area contributed by atoms with E-state index in [1.54, 1.807) is 12.3 Å². The lowest BCUT2D eigenvalue weighted by molar-refractivity contribution is -0.105. The first-order valence-electron chi connectivity index (χ1n) is 7.83. The van der Waals surface area contributed by atoms with Gasteiger partial charge >= 0.3 is 0 Å². The molecule has 2 aromatic heterocycles. The van der Waals surface area contributed by atoms with Gasteiger partial charge in [-0.2, -0.15) is 0 Å². The van der Waals surface area contributed by atoms with Gasteiger partial charge in [0, 0.05) is 36.1 Å². The Labute approximate surface area is 137 Å². The standard InChI is InChI=1S/C16H18N4O2S/c21-9-18-14-8-23-15-5-17-13(4-12(14)15)16(22)19-11-3-10-1-2-20(6-10)7-11/h4-5,8-11H,1-3,6-7H2,(H,18,21)(H,19,22)/t10-,11-/m1/s1. The second-order valence-corrected chi connectivity index (χ2v) is 7.21. The van der Waals surface area contributed by atoms with E-state index in [1.165, 1.54) is 24.3 Å². The molecule has 2 bridgehead atoms. The zero-order valence-electron chi connectivity index (χ0n) is 12.6. The lowest BCUT2D eigenvalue weighted by atomic mass is 9.97. The lowest BCUT2D eigenvalue weighted by Crippen LogP contribution is -2.47. The number of aromatic nitrogens is 1. The van der Waals surface area contributed by atoms with Crippen molar-refractivity contribution in [3.8, 4) is 0 Å². The number of hydrogen-bond donors (Lipinski definition) is 2. The minimum atomic E-state index is -0.136. The van der Waals surface area contributed by atoms with Gasteiger partial charge in [-0.1, -0.05) is 0 Å². The Hall–Kier alpha value is -1.99. The molecule has 3 atom stereocenters. The van der Waals surface area contributed by atoms with Crippen LogP contribution in [-0.2, 0) is 4.79 Å². The van der Waals surface area contributed by atoms with Crippen LogP contribution in [0.25, 0.3) is 10.1 Å². The number of hydrogen-bond acceptors (Lipinski definition) is 5. The first kappa shape index (κ1) is 14.6. The van der Waals surface area contributed by atoms with Crippen molar-refractivity contribution in [3.63, 3.8) is 0 Å². The first-order valence-corrected chi connectivity index (χ1v) is 8.71. The van der Waals surface area contributed by atoms with Crippen molar-refractivity contribution in [2.45, 2.75) is 18.9 Å². The van der Waals surface area contributed by atoms with Crippen LogP contribution in [0, 0.1) is 5.92 Å². The van der Waals surface area contributed by atoms with Crippen molar-refractivity contribution in [2.75, 3.05) is 25.0 Å². The summed E-state index contributed by atoms with van der Waals surface area (Å²) >= 11 is 1.50. The molecule has 2 aliphatic rings. The van der Waals surface area contributed by atoms with E-state index in [-0.39, 0.29) is 11.9 Å². The number of rotatable bonds is 4. The number of thiophene rings is 1. The van der Waals surface area contributed by atoms with Crippen LogP contribution in [0.4, 0.5) is 5.69 Å². The van der Waals surface area contributed by atoms with Crippen molar-refractivity contribution in [1.82, 2.24) is 15.2 Å². The maximum Gasteiger partial charge on any atom is 0.270 e. The molecule has 120 valence electrons. The molecule has 0 spiro atoms. The molecule has 7 heteroatoms. The van der Waals surface area contributed by atoms with E-state index in [0.717, 1.165) is 35.3 Å². The molecule has 0 radical (unpaired) electrons. The highest BCUT2D eigenvalue weighted by atomic mass is 32.1. The molecule has 0 aliphatic carbocycles. The molecule has 6 nitrogen and oxygen atoms in total. The number of nitrogens with zero attached hydrogens (tertiary/aromatic N) is 2. The molecule has 0 saturated carbocycles. The highest BCUT2D eigenvalue weighted by Gasteiger charge is 2.33. The second kappa shape index (κ2) is 5.90. The third-order valence-corrected chi connectivity index (χ3v) is 5.64. The number of amides is 2. The Morgan fingerprint density at radius 3 is 3.17 bits per heavy atom. The van der Waals surface area contributed by atoms with E-state index in [9.17, 15) is 9.59 Å². The van der Waals surface area contributed by atoms with Crippen LogP contribution in [-0.4, -0.2) is 47.9 Å². The summed E-state index contributed by atoms with van der Waals surface area (Å²) in [5.74, 6) is 0.576. The van der Waals surface area contributed by atoms with Crippen LogP contribution in [0.2, 0.25) is 0 Å². The molecule has 2 aromatic rings. The molecule has 4 heterocycles. The Balaban J connectivity index is 1.52. The van der Waals surface area contributed by atoms with Gasteiger partial charge in [0.25, 0.3) is 5.91 Å². The molecule has 2 N–H and O–H groups in total. The smallest absolute Gasteiger partial charge is 0.270 e. The molecule has 0 aromatic carbocycles. The SMILES string of the molecule is O=CNc1csc2cnc(C(=O)N[C@@H]3C[C@H]4CCN(C4)C3)cc12. The second-order valence-electron chi connectivity index (χ2n) is 6.30. The fourth-order valence-corrected chi connectivity index (χ4v) is 4.51. The number of anilines is 1. The third kappa shape index (κ3) is 2.82. The van der Waals surface area contributed by atoms with Crippen LogP contribution in [0.1, 0.15) is 23.3 Å². The maximum atomic E-state index is 12.5. The summed E-state index contributed by atoms with van der Waals surface area (Å²) in [6.45, 7) is 3.25. The molecule has 23 heavy (non-hydrogen) atoms. The van der Waals surface area contributed by atoms with Crippen LogP contribution in [0.3, 0.4) is 0 Å². The van der Waals surface area contributed by atoms with Crippen LogP contribution < -0.4 is 10.6 Å². The Morgan fingerprint density at radius 1 is 1.43 bits per heavy atom. The van der Waals surface area contributed by atoms with Gasteiger partial charge in [0.2, 0.25) is 6.41 Å². The molecule has 4 rings (SSSR count). The Bertz CT molecular complexity index is 748. The van der Waals surface area contributed by atoms with Gasteiger partial charge in [0.1, 0.15) is 5.69 Å². The van der Waals surface area contributed by atoms with Gasteiger partial charge in [-0.25, -0.2) is 4.98 Å². The fourth-order valence-electron chi connectivity index (χ4n) is 3.66. The zero-order valence-corrected chi connectivity index (χ0v) is 13.4. The normalized spacial score (nSPS) is 26.2. The quantitative estimate of drug-likeness (QED) is 0.837. The van der Waals surface area contributed by atoms with Crippen LogP contribution in [0.5, 0.6) is 0 Å². The van der Waals surface area contributed by atoms with E-state index >= 15 is 0 Å². The van der Waals surface area contributed by atoms with Gasteiger partial charge in [0.05, 0.1) is 10.4 Å². The number of fused-ring (bicyclic) bond motifs is 3. The van der Waals surface area contributed by atoms with E-state index in [1.807, 2.05) is 5.38 Å². The molecule has 2 fully saturated rings. The van der Waals surface area contributed by atoms with E-state index in [4.69, 9.17) is 0 Å². The molecule has 2 amide bonds. The molecular weight excluding hydrogens is 312 g/mol. The average Bonchev–Trinajstić information content (AvgIpc) is 3.10. The molecule has 1 unspecified atom stereocenters. The number of piperidine rings is 1. The molecular formula is C16H18N4O2S. The number of carbonyl (C=O) groups excluding carboxylic acids is 2. The summed E-state index contributed by atoms with van der Waals surface area (Å²) in [7, 11) is 0. The minimum absolute atomic E-state index is 0.136. The average molecular weight is 330 g/mol. The summed E-state index contributed by atoms with van der Waals surface area (Å²) in [6.07, 6.45) is 4.64.